The molecule has 0 spiro atoms. The van der Waals surface area contributed by atoms with E-state index in [0.29, 0.717) is 16.9 Å². The molecule has 104 valence electrons. The summed E-state index contributed by atoms with van der Waals surface area (Å²) in [6.45, 7) is 1.92. The summed E-state index contributed by atoms with van der Waals surface area (Å²) in [5, 5.41) is 3.82. The predicted octanol–water partition coefficient (Wildman–Crippen LogP) is 3.38. The molecule has 0 aliphatic rings. The van der Waals surface area contributed by atoms with Crippen LogP contribution in [0.15, 0.2) is 54.7 Å². The minimum atomic E-state index is -0.228. The van der Waals surface area contributed by atoms with E-state index in [1.54, 1.807) is 18.3 Å². The van der Waals surface area contributed by atoms with Crippen molar-refractivity contribution >= 4 is 28.2 Å². The Balaban J connectivity index is 1.90. The molecule has 1 aromatic heterocycles. The van der Waals surface area contributed by atoms with E-state index in [-0.39, 0.29) is 5.91 Å². The van der Waals surface area contributed by atoms with Crippen LogP contribution in [0.1, 0.15) is 15.9 Å². The normalized spacial score (nSPS) is 10.5. The number of nitrogens with one attached hydrogen (secondary N) is 1. The lowest BCUT2D eigenvalue weighted by molar-refractivity contribution is 0.102. The summed E-state index contributed by atoms with van der Waals surface area (Å²) in [5.74, 6) is -0.228. The molecule has 1 heterocycles. The fourth-order valence-electron chi connectivity index (χ4n) is 2.20. The Labute approximate surface area is 122 Å². The SMILES string of the molecule is Cc1ccc(N)c(C(=O)Nc2cnc3ccccc3c2)c1. The number of rotatable bonds is 2. The zero-order valence-corrected chi connectivity index (χ0v) is 11.6. The summed E-state index contributed by atoms with van der Waals surface area (Å²) in [7, 11) is 0. The molecule has 2 aromatic carbocycles. The zero-order valence-electron chi connectivity index (χ0n) is 11.6. The van der Waals surface area contributed by atoms with Gasteiger partial charge in [-0.3, -0.25) is 9.78 Å². The van der Waals surface area contributed by atoms with Gasteiger partial charge in [-0.25, -0.2) is 0 Å². The van der Waals surface area contributed by atoms with E-state index < -0.39 is 0 Å². The van der Waals surface area contributed by atoms with Crippen LogP contribution < -0.4 is 11.1 Å². The smallest absolute Gasteiger partial charge is 0.257 e. The molecule has 1 amide bonds. The Morgan fingerprint density at radius 2 is 1.95 bits per heavy atom. The topological polar surface area (TPSA) is 68.0 Å². The summed E-state index contributed by atoms with van der Waals surface area (Å²) in [6.07, 6.45) is 1.65. The van der Waals surface area contributed by atoms with Crippen LogP contribution in [-0.4, -0.2) is 10.9 Å². The van der Waals surface area contributed by atoms with E-state index in [4.69, 9.17) is 5.73 Å². The number of anilines is 2. The molecule has 4 heteroatoms. The van der Waals surface area contributed by atoms with Crippen molar-refractivity contribution < 1.29 is 4.79 Å². The maximum Gasteiger partial charge on any atom is 0.257 e. The summed E-state index contributed by atoms with van der Waals surface area (Å²) < 4.78 is 0. The van der Waals surface area contributed by atoms with Crippen LogP contribution in [0.25, 0.3) is 10.9 Å². The number of aromatic nitrogens is 1. The number of pyridine rings is 1. The summed E-state index contributed by atoms with van der Waals surface area (Å²) in [5.41, 5.74) is 9.34. The molecule has 0 radical (unpaired) electrons. The van der Waals surface area contributed by atoms with E-state index in [0.717, 1.165) is 16.5 Å². The molecule has 0 saturated carbocycles. The highest BCUT2D eigenvalue weighted by molar-refractivity contribution is 6.08. The number of para-hydroxylation sites is 1. The highest BCUT2D eigenvalue weighted by atomic mass is 16.1. The minimum Gasteiger partial charge on any atom is -0.398 e. The zero-order chi connectivity index (χ0) is 14.8. The summed E-state index contributed by atoms with van der Waals surface area (Å²) in [6, 6.07) is 15.0. The Morgan fingerprint density at radius 3 is 2.81 bits per heavy atom. The number of nitrogens with two attached hydrogens (primary N) is 1. The molecule has 21 heavy (non-hydrogen) atoms. The van der Waals surface area contributed by atoms with Crippen LogP contribution in [0.4, 0.5) is 11.4 Å². The number of hydrogen-bond acceptors (Lipinski definition) is 3. The van der Waals surface area contributed by atoms with E-state index in [1.165, 1.54) is 0 Å². The molecular weight excluding hydrogens is 262 g/mol. The van der Waals surface area contributed by atoms with Gasteiger partial charge < -0.3 is 11.1 Å². The molecule has 0 fully saturated rings. The van der Waals surface area contributed by atoms with Gasteiger partial charge in [0, 0.05) is 11.1 Å². The first-order chi connectivity index (χ1) is 10.1. The number of nitrogens with zero attached hydrogens (tertiary/aromatic N) is 1. The summed E-state index contributed by atoms with van der Waals surface area (Å²) >= 11 is 0. The van der Waals surface area contributed by atoms with Crippen molar-refractivity contribution in [1.82, 2.24) is 4.98 Å². The monoisotopic (exact) mass is 277 g/mol. The number of carbonyl (C=O) groups excluding carboxylic acids is 1. The lowest BCUT2D eigenvalue weighted by Gasteiger charge is -2.09. The predicted molar refractivity (Wildman–Crippen MR) is 85.3 cm³/mol. The van der Waals surface area contributed by atoms with Crippen molar-refractivity contribution in [2.45, 2.75) is 6.92 Å². The van der Waals surface area contributed by atoms with Gasteiger partial charge in [0.2, 0.25) is 0 Å². The second kappa shape index (κ2) is 5.25. The highest BCUT2D eigenvalue weighted by Gasteiger charge is 2.10. The van der Waals surface area contributed by atoms with E-state index in [9.17, 15) is 4.79 Å². The van der Waals surface area contributed by atoms with Crippen LogP contribution in [0.3, 0.4) is 0 Å². The maximum atomic E-state index is 12.3. The van der Waals surface area contributed by atoms with Gasteiger partial charge in [0.15, 0.2) is 0 Å². The lowest BCUT2D eigenvalue weighted by atomic mass is 10.1. The van der Waals surface area contributed by atoms with Gasteiger partial charge in [0.25, 0.3) is 5.91 Å². The molecule has 3 N–H and O–H groups in total. The first-order valence-electron chi connectivity index (χ1n) is 6.66. The van der Waals surface area contributed by atoms with E-state index in [1.807, 2.05) is 43.3 Å². The van der Waals surface area contributed by atoms with Gasteiger partial charge in [-0.05, 0) is 31.2 Å². The van der Waals surface area contributed by atoms with Gasteiger partial charge in [0.1, 0.15) is 0 Å². The largest absolute Gasteiger partial charge is 0.398 e. The molecule has 3 rings (SSSR count). The summed E-state index contributed by atoms with van der Waals surface area (Å²) in [4.78, 5) is 16.6. The van der Waals surface area contributed by atoms with Crippen LogP contribution in [0, 0.1) is 6.92 Å². The average molecular weight is 277 g/mol. The highest BCUT2D eigenvalue weighted by Crippen LogP contribution is 2.19. The Bertz CT molecular complexity index is 827. The van der Waals surface area contributed by atoms with Crippen LogP contribution in [0.2, 0.25) is 0 Å². The molecule has 4 nitrogen and oxygen atoms in total. The van der Waals surface area contributed by atoms with Crippen molar-refractivity contribution in [1.29, 1.82) is 0 Å². The molecule has 0 saturated heterocycles. The van der Waals surface area contributed by atoms with Gasteiger partial charge in [0.05, 0.1) is 23.0 Å². The molecule has 0 bridgehead atoms. The van der Waals surface area contributed by atoms with Crippen LogP contribution >= 0.6 is 0 Å². The third kappa shape index (κ3) is 2.69. The lowest BCUT2D eigenvalue weighted by Crippen LogP contribution is -2.14. The fraction of sp³-hybridized carbons (Fsp3) is 0.0588. The quantitative estimate of drug-likeness (QED) is 0.706. The molecule has 3 aromatic rings. The van der Waals surface area contributed by atoms with Crippen LogP contribution in [0.5, 0.6) is 0 Å². The van der Waals surface area contributed by atoms with Gasteiger partial charge in [-0.15, -0.1) is 0 Å². The average Bonchev–Trinajstić information content (AvgIpc) is 2.49. The molecule has 0 unspecified atom stereocenters. The number of benzene rings is 2. The van der Waals surface area contributed by atoms with Crippen molar-refractivity contribution in [3.63, 3.8) is 0 Å². The standard InChI is InChI=1S/C17H15N3O/c1-11-6-7-15(18)14(8-11)17(21)20-13-9-12-4-2-3-5-16(12)19-10-13/h2-10H,18H2,1H3,(H,20,21). The molecule has 0 aliphatic heterocycles. The van der Waals surface area contributed by atoms with E-state index >= 15 is 0 Å². The van der Waals surface area contributed by atoms with Gasteiger partial charge in [-0.2, -0.15) is 0 Å². The van der Waals surface area contributed by atoms with Crippen molar-refractivity contribution in [3.8, 4) is 0 Å². The first-order valence-corrected chi connectivity index (χ1v) is 6.66. The third-order valence-electron chi connectivity index (χ3n) is 3.30. The van der Waals surface area contributed by atoms with Crippen molar-refractivity contribution in [2.24, 2.45) is 0 Å². The number of hydrogen-bond donors (Lipinski definition) is 2. The van der Waals surface area contributed by atoms with Gasteiger partial charge >= 0.3 is 0 Å². The second-order valence-corrected chi connectivity index (χ2v) is 4.96. The van der Waals surface area contributed by atoms with Gasteiger partial charge in [-0.1, -0.05) is 29.8 Å². The number of carbonyl (C=O) groups is 1. The second-order valence-electron chi connectivity index (χ2n) is 4.96. The first kappa shape index (κ1) is 13.1. The molecule has 0 aliphatic carbocycles. The third-order valence-corrected chi connectivity index (χ3v) is 3.30. The number of fused-ring (bicyclic) bond motifs is 1. The van der Waals surface area contributed by atoms with Crippen molar-refractivity contribution in [2.75, 3.05) is 11.1 Å². The Morgan fingerprint density at radius 1 is 1.14 bits per heavy atom. The Kier molecular flexibility index (Phi) is 3.28. The molecular formula is C17H15N3O. The minimum absolute atomic E-state index is 0.228. The molecule has 0 atom stereocenters. The number of aryl methyl sites for hydroxylation is 1. The van der Waals surface area contributed by atoms with Crippen LogP contribution in [-0.2, 0) is 0 Å². The van der Waals surface area contributed by atoms with E-state index in [2.05, 4.69) is 10.3 Å². The Hall–Kier alpha value is -2.88. The van der Waals surface area contributed by atoms with Crippen molar-refractivity contribution in [3.05, 3.63) is 65.9 Å². The number of nitrogen functional groups attached to an aromatic ring is 1. The maximum absolute atomic E-state index is 12.3. The fourth-order valence-corrected chi connectivity index (χ4v) is 2.20. The number of amides is 1.